The summed E-state index contributed by atoms with van der Waals surface area (Å²) in [5, 5.41) is 18.9. The molecule has 3 fully saturated rings. The Morgan fingerprint density at radius 3 is 2.53 bits per heavy atom. The summed E-state index contributed by atoms with van der Waals surface area (Å²) in [5.41, 5.74) is 2.02. The predicted molar refractivity (Wildman–Crippen MR) is 279 cm³/mol. The van der Waals surface area contributed by atoms with Gasteiger partial charge in [-0.1, -0.05) is 45.9 Å². The number of ether oxygens (including phenoxy) is 4. The lowest BCUT2D eigenvalue weighted by atomic mass is 9.79. The van der Waals surface area contributed by atoms with Gasteiger partial charge in [-0.3, -0.25) is 24.1 Å². The third kappa shape index (κ3) is 13.1. The van der Waals surface area contributed by atoms with Crippen molar-refractivity contribution in [3.8, 4) is 17.2 Å². The summed E-state index contributed by atoms with van der Waals surface area (Å²) in [5.74, 6) is -0.413. The van der Waals surface area contributed by atoms with E-state index in [2.05, 4.69) is 19.9 Å². The molecule has 3 saturated heterocycles. The number of aliphatic hydroxyl groups excluding tert-OH is 1. The highest BCUT2D eigenvalue weighted by atomic mass is 32.2. The number of aliphatic hydroxyl groups is 1. The number of likely N-dealkylation sites (tertiary alicyclic amines) is 2. The number of esters is 1. The van der Waals surface area contributed by atoms with Gasteiger partial charge < -0.3 is 39.2 Å². The Hall–Kier alpha value is -5.58. The summed E-state index contributed by atoms with van der Waals surface area (Å²) >= 11 is 1.53. The molecule has 5 heterocycles. The number of Topliss-reactive ketones (excluding diaryl/α,β-unsaturated/α-hetero) is 1. The molecule has 0 unspecified atom stereocenters. The number of nitrogens with two attached hydrogens (primary N) is 1. The van der Waals surface area contributed by atoms with E-state index >= 15 is 0 Å². The summed E-state index contributed by atoms with van der Waals surface area (Å²) in [7, 11) is -0.830. The molecule has 0 spiro atoms. The number of hydrogen-bond donors (Lipinski definition) is 4. The molecule has 8 atom stereocenters. The van der Waals surface area contributed by atoms with Gasteiger partial charge in [0.05, 0.1) is 44.5 Å². The number of carbonyl (C=O) groups is 5. The average molecular weight is 1060 g/mol. The highest BCUT2D eigenvalue weighted by Crippen LogP contribution is 2.52. The number of benzene rings is 2. The Bertz CT molecular complexity index is 2680. The third-order valence-corrected chi connectivity index (χ3v) is 16.9. The largest absolute Gasteiger partial charge is 0.493 e. The van der Waals surface area contributed by atoms with Crippen LogP contribution in [0.15, 0.2) is 71.4 Å². The number of amides is 2. The van der Waals surface area contributed by atoms with Gasteiger partial charge >= 0.3 is 5.97 Å². The predicted octanol–water partition coefficient (Wildman–Crippen LogP) is 4.93. The van der Waals surface area contributed by atoms with Gasteiger partial charge in [0.15, 0.2) is 17.8 Å². The number of piperidine rings is 1. The van der Waals surface area contributed by atoms with Crippen molar-refractivity contribution in [1.82, 2.24) is 24.4 Å². The number of methoxy groups -OCH3 is 2. The molecule has 0 aliphatic carbocycles. The minimum atomic E-state index is -3.97. The third-order valence-electron chi connectivity index (χ3n) is 14.8. The SMILES string of the molecule is CCC(C)(C)C(=O)C(=O)N1CCCC[C@H]1C(=O)O[C@H](CCc1ccc(OC)c(OC)c1)c1cccc(OCCNc2cc(CN3C[C@@H](SC4=C(C=O)N5C(=O)[C@H]([C@@H](C)O)[C@H]5[C@H]4C)C[C@H]3CNS(N)(=O)=O)ccn2)c1. The number of aldehydes is 1. The van der Waals surface area contributed by atoms with Crippen LogP contribution in [0.25, 0.3) is 0 Å². The topological polar surface area (TPSA) is 249 Å². The van der Waals surface area contributed by atoms with Gasteiger partial charge in [0.2, 0.25) is 11.7 Å². The number of carbonyl (C=O) groups excluding carboxylic acids is 5. The first-order valence-electron chi connectivity index (χ1n) is 25.3. The van der Waals surface area contributed by atoms with Crippen LogP contribution < -0.4 is 29.4 Å². The number of aryl methyl sites for hydroxylation is 1. The number of nitrogens with one attached hydrogen (secondary N) is 2. The maximum absolute atomic E-state index is 14.2. The second-order valence-corrected chi connectivity index (χ2v) is 22.9. The number of β-lactam (4-membered cyclic amide) rings is 1. The lowest BCUT2D eigenvalue weighted by Gasteiger charge is -2.46. The van der Waals surface area contributed by atoms with Gasteiger partial charge in [0.25, 0.3) is 16.1 Å². The fourth-order valence-corrected chi connectivity index (χ4v) is 12.3. The summed E-state index contributed by atoms with van der Waals surface area (Å²) < 4.78 is 50.0. The molecular weight excluding hydrogens is 991 g/mol. The monoisotopic (exact) mass is 1060 g/mol. The van der Waals surface area contributed by atoms with Gasteiger partial charge in [-0.05, 0) is 105 Å². The van der Waals surface area contributed by atoms with Crippen LogP contribution in [0.5, 0.6) is 17.2 Å². The first kappa shape index (κ1) is 56.2. The molecule has 2 aromatic carbocycles. The lowest BCUT2D eigenvalue weighted by Crippen LogP contribution is -2.63. The molecule has 7 rings (SSSR count). The van der Waals surface area contributed by atoms with Crippen molar-refractivity contribution in [1.29, 1.82) is 0 Å². The molecule has 4 aliphatic rings. The number of allylic oxidation sites excluding steroid dienone is 1. The van der Waals surface area contributed by atoms with Gasteiger partial charge in [-0.25, -0.2) is 19.6 Å². The van der Waals surface area contributed by atoms with Crippen molar-refractivity contribution < 1.29 is 56.4 Å². The molecule has 74 heavy (non-hydrogen) atoms. The molecule has 3 aromatic rings. The molecule has 402 valence electrons. The van der Waals surface area contributed by atoms with Gasteiger partial charge in [-0.2, -0.15) is 8.42 Å². The summed E-state index contributed by atoms with van der Waals surface area (Å²) in [4.78, 5) is 76.7. The standard InChI is InChI=1S/C53H71N7O12S2/c1-8-53(4,5)49(63)51(65)59-22-10-9-14-40(59)52(66)72-42(17-15-34-16-18-43(69-6)44(24-34)70-7)36-12-11-13-38(26-36)71-23-21-56-45-25-35(19-20-55-45)29-58-30-39(27-37(58)28-57-74(54,67)68)73-48-32(2)47-46(33(3)62)50(64)60(47)41(48)31-61/h11-13,16,18-20,24-26,31-33,37,39-40,42,46-47,57,62H,8-10,14-15,17,21-23,27-30H2,1-7H3,(H,55,56)(H2,54,67,68)/t32-,33-,37+,39+,40+,42-,46-,47-/m1/s1. The van der Waals surface area contributed by atoms with Crippen LogP contribution in [0.2, 0.25) is 0 Å². The number of ketones is 1. The molecule has 0 radical (unpaired) electrons. The molecule has 5 N–H and O–H groups in total. The summed E-state index contributed by atoms with van der Waals surface area (Å²) in [6.07, 6.45) is 4.59. The van der Waals surface area contributed by atoms with E-state index in [1.54, 1.807) is 41.2 Å². The molecule has 19 nitrogen and oxygen atoms in total. The van der Waals surface area contributed by atoms with Crippen LogP contribution in [0.3, 0.4) is 0 Å². The average Bonchev–Trinajstić information content (AvgIpc) is 3.87. The summed E-state index contributed by atoms with van der Waals surface area (Å²) in [6.45, 7) is 10.9. The van der Waals surface area contributed by atoms with Crippen molar-refractivity contribution in [3.63, 3.8) is 0 Å². The number of thioether (sulfide) groups is 1. The Kier molecular flexibility index (Phi) is 18.5. The lowest BCUT2D eigenvalue weighted by molar-refractivity contribution is -0.164. The van der Waals surface area contributed by atoms with Crippen molar-refractivity contribution in [2.24, 2.45) is 22.4 Å². The zero-order chi connectivity index (χ0) is 53.5. The highest BCUT2D eigenvalue weighted by Gasteiger charge is 2.59. The fraction of sp³-hybridized carbons (Fsp3) is 0.547. The van der Waals surface area contributed by atoms with E-state index in [0.29, 0.717) is 112 Å². The molecule has 21 heteroatoms. The minimum absolute atomic E-state index is 0.0310. The Labute approximate surface area is 438 Å². The van der Waals surface area contributed by atoms with Crippen LogP contribution in [0, 0.1) is 17.3 Å². The first-order chi connectivity index (χ1) is 35.3. The van der Waals surface area contributed by atoms with Crippen molar-refractivity contribution in [2.45, 2.75) is 122 Å². The van der Waals surface area contributed by atoms with E-state index < -0.39 is 57.5 Å². The van der Waals surface area contributed by atoms with E-state index in [4.69, 9.17) is 24.1 Å². The number of hydrogen-bond acceptors (Lipinski definition) is 16. The van der Waals surface area contributed by atoms with Crippen molar-refractivity contribution >= 4 is 57.6 Å². The molecule has 0 bridgehead atoms. The fourth-order valence-electron chi connectivity index (χ4n) is 10.4. The molecule has 0 saturated carbocycles. The van der Waals surface area contributed by atoms with Crippen LogP contribution in [0.4, 0.5) is 5.82 Å². The van der Waals surface area contributed by atoms with Crippen LogP contribution >= 0.6 is 11.8 Å². The van der Waals surface area contributed by atoms with E-state index in [0.717, 1.165) is 16.0 Å². The Morgan fingerprint density at radius 1 is 1.05 bits per heavy atom. The number of pyridine rings is 1. The van der Waals surface area contributed by atoms with Crippen LogP contribution in [-0.2, 0) is 51.9 Å². The highest BCUT2D eigenvalue weighted by molar-refractivity contribution is 8.03. The molecule has 2 amide bonds. The maximum Gasteiger partial charge on any atom is 0.329 e. The number of fused-ring (bicyclic) bond motifs is 1. The van der Waals surface area contributed by atoms with E-state index in [-0.39, 0.29) is 42.3 Å². The first-order valence-corrected chi connectivity index (χ1v) is 27.8. The van der Waals surface area contributed by atoms with E-state index in [9.17, 15) is 37.5 Å². The molecule has 1 aromatic heterocycles. The normalized spacial score (nSPS) is 22.9. The van der Waals surface area contributed by atoms with Crippen molar-refractivity contribution in [3.05, 3.63) is 88.1 Å². The van der Waals surface area contributed by atoms with Crippen LogP contribution in [-0.4, -0.2) is 140 Å². The number of aromatic nitrogens is 1. The molecular formula is C53H71N7O12S2. The zero-order valence-electron chi connectivity index (χ0n) is 43.3. The van der Waals surface area contributed by atoms with Gasteiger partial charge in [0.1, 0.15) is 30.3 Å². The van der Waals surface area contributed by atoms with Gasteiger partial charge in [-0.15, -0.1) is 11.8 Å². The Morgan fingerprint density at radius 2 is 1.82 bits per heavy atom. The van der Waals surface area contributed by atoms with Crippen LogP contribution in [0.1, 0.15) is 95.9 Å². The zero-order valence-corrected chi connectivity index (χ0v) is 44.9. The molecule has 4 aliphatic heterocycles. The summed E-state index contributed by atoms with van der Waals surface area (Å²) in [6, 6.07) is 15.4. The Balaban J connectivity index is 0.997. The minimum Gasteiger partial charge on any atom is -0.493 e. The second-order valence-electron chi connectivity index (χ2n) is 20.2. The van der Waals surface area contributed by atoms with Crippen molar-refractivity contribution in [2.75, 3.05) is 52.3 Å². The van der Waals surface area contributed by atoms with Gasteiger partial charge in [0, 0.05) is 59.9 Å². The van der Waals surface area contributed by atoms with E-state index in [1.807, 2.05) is 68.4 Å². The number of rotatable bonds is 25. The quantitative estimate of drug-likeness (QED) is 0.0289. The second kappa shape index (κ2) is 24.4. The number of anilines is 1. The maximum atomic E-state index is 14.2. The van der Waals surface area contributed by atoms with E-state index in [1.165, 1.54) is 21.6 Å². The number of nitrogens with zero attached hydrogens (tertiary/aromatic N) is 4. The smallest absolute Gasteiger partial charge is 0.329 e.